The van der Waals surface area contributed by atoms with Crippen LogP contribution in [0.4, 0.5) is 10.1 Å². The lowest BCUT2D eigenvalue weighted by atomic mass is 10.1. The Morgan fingerprint density at radius 2 is 2.07 bits per heavy atom. The van der Waals surface area contributed by atoms with Crippen LogP contribution in [0.15, 0.2) is 24.3 Å². The summed E-state index contributed by atoms with van der Waals surface area (Å²) >= 11 is 0. The van der Waals surface area contributed by atoms with E-state index >= 15 is 0 Å². The minimum Gasteiger partial charge on any atom is -0.478 e. The van der Waals surface area contributed by atoms with Gasteiger partial charge in [0.05, 0.1) is 16.4 Å². The van der Waals surface area contributed by atoms with E-state index in [4.69, 9.17) is 4.74 Å². The molecule has 0 amide bonds. The van der Waals surface area contributed by atoms with E-state index < -0.39 is 38.7 Å². The van der Waals surface area contributed by atoms with Crippen molar-refractivity contribution in [3.63, 3.8) is 0 Å². The third-order valence-electron chi connectivity index (χ3n) is 4.84. The minimum atomic E-state index is -3.08. The zero-order chi connectivity index (χ0) is 20.6. The SMILES string of the molecule is Cc1cc(C(=O)COc2cc(F)ccc2[N+](=O)[O-])c(C)n1C1CCS(=O)(=O)C1. The van der Waals surface area contributed by atoms with Gasteiger partial charge in [-0.1, -0.05) is 0 Å². The number of ketones is 1. The molecule has 0 saturated carbocycles. The molecule has 1 aliphatic heterocycles. The molecule has 1 aliphatic rings. The second-order valence-corrected chi connectivity index (χ2v) is 9.02. The number of aryl methyl sites for hydroxylation is 1. The highest BCUT2D eigenvalue weighted by atomic mass is 32.2. The summed E-state index contributed by atoms with van der Waals surface area (Å²) in [6, 6.07) is 4.19. The molecule has 8 nitrogen and oxygen atoms in total. The summed E-state index contributed by atoms with van der Waals surface area (Å²) in [6.45, 7) is 3.00. The first-order valence-corrected chi connectivity index (χ1v) is 10.4. The highest BCUT2D eigenvalue weighted by Crippen LogP contribution is 2.30. The molecular weight excluding hydrogens is 391 g/mol. The summed E-state index contributed by atoms with van der Waals surface area (Å²) in [5, 5.41) is 11.0. The van der Waals surface area contributed by atoms with Crippen LogP contribution in [0.3, 0.4) is 0 Å². The summed E-state index contributed by atoms with van der Waals surface area (Å²) in [4.78, 5) is 22.9. The van der Waals surface area contributed by atoms with Crippen molar-refractivity contribution in [3.05, 3.63) is 57.1 Å². The van der Waals surface area contributed by atoms with Crippen LogP contribution >= 0.6 is 0 Å². The molecule has 1 aromatic heterocycles. The number of sulfone groups is 1. The van der Waals surface area contributed by atoms with Crippen LogP contribution in [0, 0.1) is 29.8 Å². The number of ether oxygens (including phenoxy) is 1. The number of rotatable bonds is 6. The van der Waals surface area contributed by atoms with Crippen molar-refractivity contribution < 1.29 is 27.3 Å². The Balaban J connectivity index is 1.80. The lowest BCUT2D eigenvalue weighted by molar-refractivity contribution is -0.385. The van der Waals surface area contributed by atoms with Crippen LogP contribution in [-0.4, -0.2) is 41.8 Å². The average Bonchev–Trinajstić information content (AvgIpc) is 3.10. The van der Waals surface area contributed by atoms with E-state index in [1.165, 1.54) is 0 Å². The van der Waals surface area contributed by atoms with Crippen LogP contribution in [0.2, 0.25) is 0 Å². The molecule has 1 aromatic carbocycles. The van der Waals surface area contributed by atoms with Crippen molar-refractivity contribution in [2.45, 2.75) is 26.3 Å². The van der Waals surface area contributed by atoms with E-state index in [1.54, 1.807) is 19.9 Å². The minimum absolute atomic E-state index is 0.0307. The van der Waals surface area contributed by atoms with Crippen molar-refractivity contribution in [1.29, 1.82) is 0 Å². The number of aromatic nitrogens is 1. The fourth-order valence-corrected chi connectivity index (χ4v) is 5.28. The van der Waals surface area contributed by atoms with Crippen molar-refractivity contribution in [2.24, 2.45) is 0 Å². The summed E-state index contributed by atoms with van der Waals surface area (Å²) < 4.78 is 44.0. The lowest BCUT2D eigenvalue weighted by Gasteiger charge is -2.16. The number of nitrogens with zero attached hydrogens (tertiary/aromatic N) is 2. The molecule has 28 heavy (non-hydrogen) atoms. The molecule has 0 aliphatic carbocycles. The summed E-state index contributed by atoms with van der Waals surface area (Å²) in [5.41, 5.74) is 1.28. The second-order valence-electron chi connectivity index (χ2n) is 6.79. The van der Waals surface area contributed by atoms with Gasteiger partial charge in [0.25, 0.3) is 0 Å². The molecule has 150 valence electrons. The third-order valence-corrected chi connectivity index (χ3v) is 6.59. The van der Waals surface area contributed by atoms with Gasteiger partial charge < -0.3 is 9.30 Å². The molecule has 1 fully saturated rings. The topological polar surface area (TPSA) is 109 Å². The van der Waals surface area contributed by atoms with E-state index in [0.717, 1.165) is 23.9 Å². The fourth-order valence-electron chi connectivity index (χ4n) is 3.58. The van der Waals surface area contributed by atoms with Gasteiger partial charge in [-0.05, 0) is 32.4 Å². The predicted molar refractivity (Wildman–Crippen MR) is 99.1 cm³/mol. The Morgan fingerprint density at radius 3 is 2.68 bits per heavy atom. The van der Waals surface area contributed by atoms with Gasteiger partial charge in [0.1, 0.15) is 5.82 Å². The molecule has 1 saturated heterocycles. The monoisotopic (exact) mass is 410 g/mol. The zero-order valence-corrected chi connectivity index (χ0v) is 16.2. The second kappa shape index (κ2) is 7.34. The fraction of sp³-hybridized carbons (Fsp3) is 0.389. The third kappa shape index (κ3) is 3.91. The van der Waals surface area contributed by atoms with Crippen molar-refractivity contribution in [1.82, 2.24) is 4.57 Å². The lowest BCUT2D eigenvalue weighted by Crippen LogP contribution is -2.16. The van der Waals surface area contributed by atoms with Crippen LogP contribution in [0.1, 0.15) is 34.2 Å². The van der Waals surface area contributed by atoms with Crippen LogP contribution < -0.4 is 4.74 Å². The summed E-state index contributed by atoms with van der Waals surface area (Å²) in [6.07, 6.45) is 0.484. The standard InChI is InChI=1S/C18H19FN2O6S/c1-11-7-15(12(2)20(11)14-5-6-28(25,26)10-14)17(22)9-27-18-8-13(19)3-4-16(18)21(23)24/h3-4,7-8,14H,5-6,9-10H2,1-2H3. The number of hydrogen-bond donors (Lipinski definition) is 0. The maximum Gasteiger partial charge on any atom is 0.311 e. The zero-order valence-electron chi connectivity index (χ0n) is 15.3. The largest absolute Gasteiger partial charge is 0.478 e. The number of halogens is 1. The Morgan fingerprint density at radius 1 is 1.36 bits per heavy atom. The first-order chi connectivity index (χ1) is 13.1. The van der Waals surface area contributed by atoms with E-state index in [2.05, 4.69) is 0 Å². The molecular formula is C18H19FN2O6S. The molecule has 1 unspecified atom stereocenters. The number of benzene rings is 1. The summed E-state index contributed by atoms with van der Waals surface area (Å²) in [5.74, 6) is -1.32. The van der Waals surface area contributed by atoms with E-state index in [1.807, 2.05) is 4.57 Å². The van der Waals surface area contributed by atoms with Gasteiger partial charge in [-0.25, -0.2) is 12.8 Å². The van der Waals surface area contributed by atoms with Gasteiger partial charge in [-0.3, -0.25) is 14.9 Å². The maximum atomic E-state index is 13.4. The first-order valence-electron chi connectivity index (χ1n) is 8.58. The smallest absolute Gasteiger partial charge is 0.311 e. The van der Waals surface area contributed by atoms with Crippen LogP contribution in [0.5, 0.6) is 5.75 Å². The van der Waals surface area contributed by atoms with E-state index in [0.29, 0.717) is 17.7 Å². The molecule has 0 bridgehead atoms. The van der Waals surface area contributed by atoms with Gasteiger partial charge in [0.15, 0.2) is 22.2 Å². The Bertz CT molecular complexity index is 1060. The van der Waals surface area contributed by atoms with Gasteiger partial charge in [-0.2, -0.15) is 0 Å². The molecule has 0 spiro atoms. The van der Waals surface area contributed by atoms with Gasteiger partial charge in [0.2, 0.25) is 5.78 Å². The molecule has 2 heterocycles. The average molecular weight is 410 g/mol. The van der Waals surface area contributed by atoms with Crippen molar-refractivity contribution in [2.75, 3.05) is 18.1 Å². The van der Waals surface area contributed by atoms with Gasteiger partial charge in [-0.15, -0.1) is 0 Å². The Labute approximate surface area is 161 Å². The first kappa shape index (κ1) is 20.0. The van der Waals surface area contributed by atoms with Gasteiger partial charge in [0, 0.05) is 35.1 Å². The van der Waals surface area contributed by atoms with E-state index in [-0.39, 0.29) is 23.3 Å². The highest BCUT2D eigenvalue weighted by molar-refractivity contribution is 7.91. The maximum absolute atomic E-state index is 13.4. The Kier molecular flexibility index (Phi) is 5.24. The van der Waals surface area contributed by atoms with Crippen LogP contribution in [0.25, 0.3) is 0 Å². The number of nitro groups is 1. The van der Waals surface area contributed by atoms with Crippen molar-refractivity contribution >= 4 is 21.3 Å². The molecule has 0 N–H and O–H groups in total. The summed E-state index contributed by atoms with van der Waals surface area (Å²) in [7, 11) is -3.08. The number of carbonyl (C=O) groups is 1. The normalized spacial score (nSPS) is 18.2. The number of hydrogen-bond acceptors (Lipinski definition) is 6. The number of nitro benzene ring substituents is 1. The quantitative estimate of drug-likeness (QED) is 0.412. The van der Waals surface area contributed by atoms with Crippen molar-refractivity contribution in [3.8, 4) is 5.75 Å². The number of carbonyl (C=O) groups excluding carboxylic acids is 1. The van der Waals surface area contributed by atoms with Gasteiger partial charge >= 0.3 is 5.69 Å². The van der Waals surface area contributed by atoms with E-state index in [9.17, 15) is 27.7 Å². The predicted octanol–water partition coefficient (Wildman–Crippen LogP) is 2.77. The molecule has 2 aromatic rings. The molecule has 1 atom stereocenters. The highest BCUT2D eigenvalue weighted by Gasteiger charge is 2.31. The van der Waals surface area contributed by atoms with Crippen LogP contribution in [-0.2, 0) is 9.84 Å². The molecule has 3 rings (SSSR count). The number of Topliss-reactive ketones (excluding diaryl/α,β-unsaturated/α-hetero) is 1. The Hall–Kier alpha value is -2.75. The molecule has 0 radical (unpaired) electrons. The molecule has 10 heteroatoms.